The maximum atomic E-state index is 14.7. The highest BCUT2D eigenvalue weighted by Gasteiger charge is 2.76. The summed E-state index contributed by atoms with van der Waals surface area (Å²) in [5.74, 6) is -7.83. The minimum Gasteiger partial charge on any atom is -0.505 e. The Labute approximate surface area is 275 Å². The molecule has 0 bridgehead atoms. The molecule has 0 radical (unpaired) electrons. The molecular formula is C33H25BrCl2FN3O5. The molecule has 0 aromatic heterocycles. The number of halogens is 4. The van der Waals surface area contributed by atoms with E-state index in [1.807, 2.05) is 30.3 Å². The van der Waals surface area contributed by atoms with Crippen molar-refractivity contribution in [2.24, 2.45) is 17.8 Å². The topological polar surface area (TPSA) is 107 Å². The zero-order chi connectivity index (χ0) is 31.8. The summed E-state index contributed by atoms with van der Waals surface area (Å²) >= 11 is 17.5. The van der Waals surface area contributed by atoms with Crippen molar-refractivity contribution >= 4 is 79.8 Å². The third-order valence-corrected chi connectivity index (χ3v) is 11.4. The second-order valence-corrected chi connectivity index (χ2v) is 13.5. The molecule has 2 aliphatic carbocycles. The summed E-state index contributed by atoms with van der Waals surface area (Å²) in [4.78, 5) is 53.4. The van der Waals surface area contributed by atoms with Gasteiger partial charge in [0.15, 0.2) is 21.3 Å². The summed E-state index contributed by atoms with van der Waals surface area (Å²) in [6.07, 6.45) is 1.67. The van der Waals surface area contributed by atoms with Crippen LogP contribution in [0.2, 0.25) is 0 Å². The quantitative estimate of drug-likeness (QED) is 0.142. The highest BCUT2D eigenvalue weighted by atomic mass is 79.9. The van der Waals surface area contributed by atoms with Crippen LogP contribution in [0.15, 0.2) is 84.4 Å². The fourth-order valence-electron chi connectivity index (χ4n) is 7.50. The van der Waals surface area contributed by atoms with Crippen molar-refractivity contribution in [3.8, 4) is 5.75 Å². The van der Waals surface area contributed by atoms with Gasteiger partial charge in [0.2, 0.25) is 11.8 Å². The van der Waals surface area contributed by atoms with Crippen molar-refractivity contribution in [1.29, 1.82) is 0 Å². The second-order valence-electron chi connectivity index (χ2n) is 11.7. The van der Waals surface area contributed by atoms with Gasteiger partial charge in [-0.1, -0.05) is 57.9 Å². The van der Waals surface area contributed by atoms with Crippen LogP contribution >= 0.6 is 39.1 Å². The molecule has 7 rings (SSSR count). The minimum atomic E-state index is -2.13. The molecule has 2 aliphatic heterocycles. The highest BCUT2D eigenvalue weighted by molar-refractivity contribution is 9.09. The zero-order valence-electron chi connectivity index (χ0n) is 23.4. The molecule has 8 nitrogen and oxygen atoms in total. The molecular weight excluding hydrogens is 688 g/mol. The van der Waals surface area contributed by atoms with Crippen molar-refractivity contribution in [3.63, 3.8) is 0 Å². The fraction of sp³-hybridized carbons (Fsp3) is 0.273. The number of imide groups is 2. The number of amides is 4. The molecule has 45 heavy (non-hydrogen) atoms. The molecule has 4 amide bonds. The molecule has 3 aromatic rings. The van der Waals surface area contributed by atoms with Crippen LogP contribution in [-0.2, 0) is 19.2 Å². The van der Waals surface area contributed by atoms with Crippen molar-refractivity contribution in [3.05, 3.63) is 95.8 Å². The SMILES string of the molecule is O=C1C2CC=C3C(CC4(Cl)C(=O)N(CBr)C(=O)C4(Cl)C3c3cccc(F)c3O)C2C(=O)N1c1ccc(Nc2ccccc2)cc1. The lowest BCUT2D eigenvalue weighted by Crippen LogP contribution is -2.60. The van der Waals surface area contributed by atoms with E-state index in [1.165, 1.54) is 12.1 Å². The lowest BCUT2D eigenvalue weighted by Gasteiger charge is -2.50. The van der Waals surface area contributed by atoms with Gasteiger partial charge < -0.3 is 10.4 Å². The van der Waals surface area contributed by atoms with Gasteiger partial charge in [-0.25, -0.2) is 4.39 Å². The van der Waals surface area contributed by atoms with E-state index in [9.17, 15) is 28.7 Å². The number of allylic oxidation sites excluding steroid dienone is 2. The summed E-state index contributed by atoms with van der Waals surface area (Å²) < 4.78 is 14.7. The molecule has 3 aromatic carbocycles. The van der Waals surface area contributed by atoms with Gasteiger partial charge in [-0.2, -0.15) is 0 Å². The zero-order valence-corrected chi connectivity index (χ0v) is 26.5. The van der Waals surface area contributed by atoms with Crippen LogP contribution in [0.4, 0.5) is 21.5 Å². The van der Waals surface area contributed by atoms with E-state index in [0.29, 0.717) is 11.3 Å². The number of aromatic hydroxyl groups is 1. The van der Waals surface area contributed by atoms with E-state index >= 15 is 0 Å². The Balaban J connectivity index is 1.29. The number of carbonyl (C=O) groups is 4. The van der Waals surface area contributed by atoms with Crippen LogP contribution in [0.1, 0.15) is 24.3 Å². The van der Waals surface area contributed by atoms with Gasteiger partial charge in [0.1, 0.15) is 0 Å². The average Bonchev–Trinajstić information content (AvgIpc) is 3.37. The number of hydrogen-bond donors (Lipinski definition) is 2. The summed E-state index contributed by atoms with van der Waals surface area (Å²) in [5, 5.41) is 14.1. The molecule has 0 spiro atoms. The molecule has 3 fully saturated rings. The Bertz CT molecular complexity index is 1810. The van der Waals surface area contributed by atoms with Crippen molar-refractivity contribution < 1.29 is 28.7 Å². The summed E-state index contributed by atoms with van der Waals surface area (Å²) in [6, 6.07) is 20.3. The standard InChI is InChI=1S/C33H25BrCl2FN3O5/c34-16-39-30(44)32(35)15-23-20(26(33(32,36)31(39)45)22-7-4-8-24(37)27(22)41)13-14-21-25(23)29(43)40(28(21)42)19-11-9-18(10-12-19)38-17-5-2-1-3-6-17/h1-13,21,23,25-26,38,41H,14-16H2. The first kappa shape index (κ1) is 30.0. The first-order valence-electron chi connectivity index (χ1n) is 14.3. The largest absolute Gasteiger partial charge is 0.505 e. The number of likely N-dealkylation sites (tertiary alicyclic amines) is 1. The van der Waals surface area contributed by atoms with Gasteiger partial charge in [-0.05, 0) is 61.2 Å². The molecule has 2 heterocycles. The molecule has 6 unspecified atom stereocenters. The van der Waals surface area contributed by atoms with Crippen molar-refractivity contribution in [1.82, 2.24) is 4.90 Å². The number of fused-ring (bicyclic) bond motifs is 4. The summed E-state index contributed by atoms with van der Waals surface area (Å²) in [7, 11) is 0. The summed E-state index contributed by atoms with van der Waals surface area (Å²) in [5.41, 5.74) is 2.27. The third kappa shape index (κ3) is 4.15. The van der Waals surface area contributed by atoms with Crippen LogP contribution in [0.25, 0.3) is 0 Å². The maximum Gasteiger partial charge on any atom is 0.254 e. The Morgan fingerprint density at radius 3 is 2.27 bits per heavy atom. The number of carbonyl (C=O) groups excluding carboxylic acids is 4. The lowest BCUT2D eigenvalue weighted by molar-refractivity contribution is -0.138. The number of phenols is 1. The van der Waals surface area contributed by atoms with Gasteiger partial charge in [0.05, 0.1) is 23.0 Å². The molecule has 12 heteroatoms. The Morgan fingerprint density at radius 2 is 1.58 bits per heavy atom. The summed E-state index contributed by atoms with van der Waals surface area (Å²) in [6.45, 7) is 0. The van der Waals surface area contributed by atoms with Crippen LogP contribution in [0.5, 0.6) is 5.75 Å². The molecule has 4 aliphatic rings. The third-order valence-electron chi connectivity index (χ3n) is 9.53. The highest BCUT2D eigenvalue weighted by Crippen LogP contribution is 2.66. The molecule has 6 atom stereocenters. The van der Waals surface area contributed by atoms with E-state index in [-0.39, 0.29) is 23.9 Å². The normalized spacial score (nSPS) is 30.6. The average molecular weight is 713 g/mol. The molecule has 1 saturated carbocycles. The number of nitrogens with one attached hydrogen (secondary N) is 1. The smallest absolute Gasteiger partial charge is 0.254 e. The number of phenolic OH excluding ortho intramolecular Hbond substituents is 1. The predicted molar refractivity (Wildman–Crippen MR) is 170 cm³/mol. The first-order chi connectivity index (χ1) is 21.5. The lowest BCUT2D eigenvalue weighted by atomic mass is 9.56. The number of para-hydroxylation sites is 2. The van der Waals surface area contributed by atoms with Crippen molar-refractivity contribution in [2.75, 3.05) is 15.7 Å². The minimum absolute atomic E-state index is 0.0304. The van der Waals surface area contributed by atoms with Gasteiger partial charge in [-0.15, -0.1) is 23.2 Å². The molecule has 230 valence electrons. The number of rotatable bonds is 5. The number of nitrogens with zero attached hydrogens (tertiary/aromatic N) is 2. The number of alkyl halides is 3. The fourth-order valence-corrected chi connectivity index (χ4v) is 8.92. The number of hydrogen-bond acceptors (Lipinski definition) is 6. The monoisotopic (exact) mass is 711 g/mol. The molecule has 2 saturated heterocycles. The van der Waals surface area contributed by atoms with Gasteiger partial charge in [0.25, 0.3) is 11.8 Å². The van der Waals surface area contributed by atoms with Gasteiger partial charge in [-0.3, -0.25) is 29.0 Å². The van der Waals surface area contributed by atoms with E-state index in [1.54, 1.807) is 30.3 Å². The number of benzene rings is 3. The van der Waals surface area contributed by atoms with Gasteiger partial charge in [0, 0.05) is 22.9 Å². The van der Waals surface area contributed by atoms with E-state index < -0.39 is 68.6 Å². The Kier molecular flexibility index (Phi) is 7.11. The van der Waals surface area contributed by atoms with Crippen LogP contribution in [0, 0.1) is 23.6 Å². The van der Waals surface area contributed by atoms with Crippen LogP contribution < -0.4 is 10.2 Å². The number of anilines is 3. The predicted octanol–water partition coefficient (Wildman–Crippen LogP) is 6.19. The Hall–Kier alpha value is -3.73. The second kappa shape index (κ2) is 10.7. The maximum absolute atomic E-state index is 14.7. The molecule has 2 N–H and O–H groups in total. The Morgan fingerprint density at radius 1 is 0.889 bits per heavy atom. The van der Waals surface area contributed by atoms with E-state index in [2.05, 4.69) is 21.2 Å². The first-order valence-corrected chi connectivity index (χ1v) is 16.2. The van der Waals surface area contributed by atoms with Crippen LogP contribution in [-0.4, -0.2) is 48.8 Å². The van der Waals surface area contributed by atoms with E-state index in [0.717, 1.165) is 27.2 Å². The van der Waals surface area contributed by atoms with Gasteiger partial charge >= 0.3 is 0 Å². The van der Waals surface area contributed by atoms with E-state index in [4.69, 9.17) is 23.2 Å². The van der Waals surface area contributed by atoms with Crippen molar-refractivity contribution in [2.45, 2.75) is 28.5 Å². The van der Waals surface area contributed by atoms with Crippen LogP contribution in [0.3, 0.4) is 0 Å².